The average Bonchev–Trinajstić information content (AvgIpc) is 2.60. The summed E-state index contributed by atoms with van der Waals surface area (Å²) < 4.78 is 1.42. The number of carboxylic acids is 1. The maximum absolute atomic E-state index is 10.6. The number of carbonyl (C=O) groups is 1. The second-order valence-electron chi connectivity index (χ2n) is 3.32. The highest BCUT2D eigenvalue weighted by Gasteiger charge is 2.13. The SMILES string of the molecule is O=C(O)Cc1nc(-c2ccc(Br)cc2)sc1Cl. The molecule has 0 aliphatic heterocycles. The smallest absolute Gasteiger partial charge is 0.309 e. The first kappa shape index (κ1) is 12.5. The summed E-state index contributed by atoms with van der Waals surface area (Å²) in [6.07, 6.45) is -0.147. The molecule has 1 aromatic carbocycles. The van der Waals surface area contributed by atoms with E-state index >= 15 is 0 Å². The highest BCUT2D eigenvalue weighted by Crippen LogP contribution is 2.32. The minimum Gasteiger partial charge on any atom is -0.481 e. The molecular weight excluding hydrogens is 326 g/mol. The minimum absolute atomic E-state index is 0.147. The zero-order valence-corrected chi connectivity index (χ0v) is 11.6. The van der Waals surface area contributed by atoms with Crippen LogP contribution in [-0.2, 0) is 11.2 Å². The summed E-state index contributed by atoms with van der Waals surface area (Å²) in [5.41, 5.74) is 1.35. The second kappa shape index (κ2) is 5.16. The lowest BCUT2D eigenvalue weighted by Crippen LogP contribution is -2.00. The van der Waals surface area contributed by atoms with E-state index in [2.05, 4.69) is 20.9 Å². The van der Waals surface area contributed by atoms with Crippen molar-refractivity contribution in [3.63, 3.8) is 0 Å². The normalized spacial score (nSPS) is 10.5. The third kappa shape index (κ3) is 3.06. The van der Waals surface area contributed by atoms with Crippen LogP contribution in [0.5, 0.6) is 0 Å². The monoisotopic (exact) mass is 331 g/mol. The number of halogens is 2. The zero-order chi connectivity index (χ0) is 12.4. The van der Waals surface area contributed by atoms with E-state index in [1.165, 1.54) is 11.3 Å². The van der Waals surface area contributed by atoms with E-state index < -0.39 is 5.97 Å². The topological polar surface area (TPSA) is 50.2 Å². The molecule has 17 heavy (non-hydrogen) atoms. The zero-order valence-electron chi connectivity index (χ0n) is 8.48. The summed E-state index contributed by atoms with van der Waals surface area (Å²) >= 11 is 10.6. The Morgan fingerprint density at radius 3 is 2.65 bits per heavy atom. The van der Waals surface area contributed by atoms with Crippen molar-refractivity contribution in [3.05, 3.63) is 38.8 Å². The molecule has 2 aromatic rings. The van der Waals surface area contributed by atoms with Gasteiger partial charge in [0.25, 0.3) is 0 Å². The standard InChI is InChI=1S/C11H7BrClNO2S/c12-7-3-1-6(2-4-7)11-14-8(5-9(15)16)10(13)17-11/h1-4H,5H2,(H,15,16). The van der Waals surface area contributed by atoms with E-state index in [0.29, 0.717) is 10.0 Å². The number of benzene rings is 1. The number of carboxylic acid groups (broad SMARTS) is 1. The average molecular weight is 333 g/mol. The molecule has 3 nitrogen and oxygen atoms in total. The number of rotatable bonds is 3. The van der Waals surface area contributed by atoms with Crippen molar-refractivity contribution in [3.8, 4) is 10.6 Å². The van der Waals surface area contributed by atoms with Gasteiger partial charge in [-0.25, -0.2) is 4.98 Å². The molecule has 1 heterocycles. The summed E-state index contributed by atoms with van der Waals surface area (Å²) in [5, 5.41) is 9.44. The van der Waals surface area contributed by atoms with Gasteiger partial charge in [-0.2, -0.15) is 0 Å². The Hall–Kier alpha value is -0.910. The van der Waals surface area contributed by atoms with Gasteiger partial charge >= 0.3 is 5.97 Å². The third-order valence-electron chi connectivity index (χ3n) is 2.06. The molecule has 2 rings (SSSR count). The quantitative estimate of drug-likeness (QED) is 0.928. The van der Waals surface area contributed by atoms with Gasteiger partial charge in [-0.05, 0) is 12.1 Å². The molecule has 0 spiro atoms. The lowest BCUT2D eigenvalue weighted by atomic mass is 10.2. The summed E-state index contributed by atoms with van der Waals surface area (Å²) in [4.78, 5) is 14.9. The molecule has 1 aromatic heterocycles. The van der Waals surface area contributed by atoms with Crippen LogP contribution < -0.4 is 0 Å². The molecular formula is C11H7BrClNO2S. The summed E-state index contributed by atoms with van der Waals surface area (Å²) in [6, 6.07) is 7.62. The van der Waals surface area contributed by atoms with Gasteiger partial charge < -0.3 is 5.11 Å². The highest BCUT2D eigenvalue weighted by atomic mass is 79.9. The Morgan fingerprint density at radius 2 is 2.06 bits per heavy atom. The first-order chi connectivity index (χ1) is 8.06. The van der Waals surface area contributed by atoms with Crippen molar-refractivity contribution < 1.29 is 9.90 Å². The van der Waals surface area contributed by atoms with Gasteiger partial charge in [0.05, 0.1) is 12.1 Å². The second-order valence-corrected chi connectivity index (χ2v) is 5.83. The first-order valence-corrected chi connectivity index (χ1v) is 6.68. The number of hydrogen-bond donors (Lipinski definition) is 1. The summed E-state index contributed by atoms with van der Waals surface area (Å²) in [7, 11) is 0. The van der Waals surface area contributed by atoms with Gasteiger partial charge in [0.2, 0.25) is 0 Å². The maximum Gasteiger partial charge on any atom is 0.309 e. The van der Waals surface area contributed by atoms with Crippen molar-refractivity contribution in [1.82, 2.24) is 4.98 Å². The van der Waals surface area contributed by atoms with E-state index in [4.69, 9.17) is 16.7 Å². The molecule has 6 heteroatoms. The van der Waals surface area contributed by atoms with Crippen LogP contribution in [0.15, 0.2) is 28.7 Å². The van der Waals surface area contributed by atoms with Crippen LogP contribution in [0.25, 0.3) is 10.6 Å². The van der Waals surface area contributed by atoms with Crippen LogP contribution in [0.2, 0.25) is 4.34 Å². The molecule has 0 radical (unpaired) electrons. The van der Waals surface area contributed by atoms with Crippen LogP contribution >= 0.6 is 38.9 Å². The van der Waals surface area contributed by atoms with Crippen molar-refractivity contribution >= 4 is 44.8 Å². The van der Waals surface area contributed by atoms with Gasteiger partial charge in [0.15, 0.2) is 0 Å². The number of thiazole rings is 1. The van der Waals surface area contributed by atoms with E-state index in [0.717, 1.165) is 15.0 Å². The van der Waals surface area contributed by atoms with Crippen LogP contribution in [0, 0.1) is 0 Å². The number of hydrogen-bond acceptors (Lipinski definition) is 3. The van der Waals surface area contributed by atoms with Crippen LogP contribution in [0.4, 0.5) is 0 Å². The number of aliphatic carboxylic acids is 1. The number of nitrogens with zero attached hydrogens (tertiary/aromatic N) is 1. The fourth-order valence-electron chi connectivity index (χ4n) is 1.30. The maximum atomic E-state index is 10.6. The van der Waals surface area contributed by atoms with Gasteiger partial charge in [0.1, 0.15) is 9.34 Å². The van der Waals surface area contributed by atoms with Crippen molar-refractivity contribution in [2.24, 2.45) is 0 Å². The fraction of sp³-hybridized carbons (Fsp3) is 0.0909. The molecule has 0 bridgehead atoms. The number of aromatic nitrogens is 1. The van der Waals surface area contributed by atoms with Crippen LogP contribution in [0.1, 0.15) is 5.69 Å². The Kier molecular flexibility index (Phi) is 3.81. The summed E-state index contributed by atoms with van der Waals surface area (Å²) in [5.74, 6) is -0.931. The molecule has 0 saturated heterocycles. The van der Waals surface area contributed by atoms with E-state index in [1.54, 1.807) is 0 Å². The molecule has 0 atom stereocenters. The minimum atomic E-state index is -0.931. The molecule has 0 amide bonds. The highest BCUT2D eigenvalue weighted by molar-refractivity contribution is 9.10. The van der Waals surface area contributed by atoms with Gasteiger partial charge in [-0.15, -0.1) is 11.3 Å². The van der Waals surface area contributed by atoms with Gasteiger partial charge in [0, 0.05) is 10.0 Å². The van der Waals surface area contributed by atoms with E-state index in [-0.39, 0.29) is 6.42 Å². The van der Waals surface area contributed by atoms with E-state index in [9.17, 15) is 4.79 Å². The molecule has 0 aliphatic rings. The molecule has 88 valence electrons. The predicted molar refractivity (Wildman–Crippen MR) is 71.6 cm³/mol. The predicted octanol–water partition coefficient (Wildman–Crippen LogP) is 3.85. The van der Waals surface area contributed by atoms with E-state index in [1.807, 2.05) is 24.3 Å². The van der Waals surface area contributed by atoms with Crippen LogP contribution in [-0.4, -0.2) is 16.1 Å². The largest absolute Gasteiger partial charge is 0.481 e. The Labute approximate surface area is 115 Å². The lowest BCUT2D eigenvalue weighted by Gasteiger charge is -1.95. The van der Waals surface area contributed by atoms with Crippen LogP contribution in [0.3, 0.4) is 0 Å². The van der Waals surface area contributed by atoms with Crippen molar-refractivity contribution in [2.45, 2.75) is 6.42 Å². The molecule has 0 fully saturated rings. The van der Waals surface area contributed by atoms with Crippen molar-refractivity contribution in [2.75, 3.05) is 0 Å². The Bertz CT molecular complexity index is 553. The molecule has 0 aliphatic carbocycles. The summed E-state index contributed by atoms with van der Waals surface area (Å²) in [6.45, 7) is 0. The Balaban J connectivity index is 2.34. The fourth-order valence-corrected chi connectivity index (χ4v) is 2.71. The third-order valence-corrected chi connectivity index (χ3v) is 3.97. The molecule has 0 saturated carbocycles. The van der Waals surface area contributed by atoms with Gasteiger partial charge in [-0.3, -0.25) is 4.79 Å². The molecule has 1 N–H and O–H groups in total. The van der Waals surface area contributed by atoms with Gasteiger partial charge in [-0.1, -0.05) is 39.7 Å². The molecule has 0 unspecified atom stereocenters. The lowest BCUT2D eigenvalue weighted by molar-refractivity contribution is -0.136. The Morgan fingerprint density at radius 1 is 1.41 bits per heavy atom. The first-order valence-electron chi connectivity index (χ1n) is 4.69. The van der Waals surface area contributed by atoms with Crippen molar-refractivity contribution in [1.29, 1.82) is 0 Å².